The summed E-state index contributed by atoms with van der Waals surface area (Å²) in [5, 5.41) is 5.48. The zero-order valence-electron chi connectivity index (χ0n) is 8.67. The Balaban J connectivity index is 2.28. The molecule has 80 valence electrons. The van der Waals surface area contributed by atoms with Gasteiger partial charge >= 0.3 is 6.03 Å². The lowest BCUT2D eigenvalue weighted by atomic mass is 10.3. The van der Waals surface area contributed by atoms with Gasteiger partial charge in [-0.15, -0.1) is 0 Å². The van der Waals surface area contributed by atoms with E-state index in [0.29, 0.717) is 13.1 Å². The minimum atomic E-state index is -0.150. The summed E-state index contributed by atoms with van der Waals surface area (Å²) < 4.78 is 0. The Hall–Kier alpha value is -1.26. The van der Waals surface area contributed by atoms with Gasteiger partial charge in [0.05, 0.1) is 0 Å². The zero-order chi connectivity index (χ0) is 10.6. The molecule has 1 fully saturated rings. The molecule has 3 amide bonds. The summed E-state index contributed by atoms with van der Waals surface area (Å²) in [6.07, 6.45) is 0.844. The Kier molecular flexibility index (Phi) is 3.73. The lowest BCUT2D eigenvalue weighted by molar-refractivity contribution is -0.127. The van der Waals surface area contributed by atoms with E-state index in [4.69, 9.17) is 0 Å². The van der Waals surface area contributed by atoms with Gasteiger partial charge < -0.3 is 15.5 Å². The van der Waals surface area contributed by atoms with Crippen LogP contribution in [0.25, 0.3) is 0 Å². The SMILES string of the molecule is CCNC(=O)N[C@H]1CCN(C(C)=O)C1. The van der Waals surface area contributed by atoms with Gasteiger partial charge in [-0.05, 0) is 13.3 Å². The fraction of sp³-hybridized carbons (Fsp3) is 0.778. The zero-order valence-corrected chi connectivity index (χ0v) is 8.67. The molecule has 1 aliphatic heterocycles. The van der Waals surface area contributed by atoms with Gasteiger partial charge in [-0.25, -0.2) is 4.79 Å². The van der Waals surface area contributed by atoms with E-state index in [1.165, 1.54) is 0 Å². The van der Waals surface area contributed by atoms with Gasteiger partial charge in [0.25, 0.3) is 0 Å². The van der Waals surface area contributed by atoms with Crippen LogP contribution in [-0.4, -0.2) is 42.5 Å². The normalized spacial score (nSPS) is 20.7. The first-order valence-corrected chi connectivity index (χ1v) is 4.93. The van der Waals surface area contributed by atoms with Crippen LogP contribution in [0.4, 0.5) is 4.79 Å². The smallest absolute Gasteiger partial charge is 0.315 e. The number of carbonyl (C=O) groups excluding carboxylic acids is 2. The van der Waals surface area contributed by atoms with Crippen molar-refractivity contribution in [3.05, 3.63) is 0 Å². The maximum absolute atomic E-state index is 11.1. The highest BCUT2D eigenvalue weighted by molar-refractivity contribution is 5.75. The third-order valence-electron chi connectivity index (χ3n) is 2.31. The molecule has 0 unspecified atom stereocenters. The average Bonchev–Trinajstić information content (AvgIpc) is 2.53. The molecule has 5 heteroatoms. The summed E-state index contributed by atoms with van der Waals surface area (Å²) >= 11 is 0. The number of rotatable bonds is 2. The van der Waals surface area contributed by atoms with Crippen molar-refractivity contribution in [2.24, 2.45) is 0 Å². The van der Waals surface area contributed by atoms with Crippen molar-refractivity contribution in [1.29, 1.82) is 0 Å². The maximum Gasteiger partial charge on any atom is 0.315 e. The van der Waals surface area contributed by atoms with Crippen LogP contribution in [0.3, 0.4) is 0 Å². The molecular formula is C9H17N3O2. The average molecular weight is 199 g/mol. The van der Waals surface area contributed by atoms with Crippen LogP contribution in [0.2, 0.25) is 0 Å². The van der Waals surface area contributed by atoms with E-state index in [2.05, 4.69) is 10.6 Å². The fourth-order valence-electron chi connectivity index (χ4n) is 1.56. The molecular weight excluding hydrogens is 182 g/mol. The molecule has 1 saturated heterocycles. The predicted molar refractivity (Wildman–Crippen MR) is 52.9 cm³/mol. The molecule has 1 atom stereocenters. The number of urea groups is 1. The Morgan fingerprint density at radius 1 is 1.50 bits per heavy atom. The van der Waals surface area contributed by atoms with Gasteiger partial charge in [-0.1, -0.05) is 0 Å². The van der Waals surface area contributed by atoms with Crippen molar-refractivity contribution in [2.45, 2.75) is 26.3 Å². The third kappa shape index (κ3) is 2.90. The molecule has 1 aliphatic rings. The van der Waals surface area contributed by atoms with Crippen LogP contribution in [0.15, 0.2) is 0 Å². The lowest BCUT2D eigenvalue weighted by Gasteiger charge is -2.15. The number of hydrogen-bond donors (Lipinski definition) is 2. The summed E-state index contributed by atoms with van der Waals surface area (Å²) in [7, 11) is 0. The quantitative estimate of drug-likeness (QED) is 0.653. The monoisotopic (exact) mass is 199 g/mol. The van der Waals surface area contributed by atoms with Crippen LogP contribution in [-0.2, 0) is 4.79 Å². The van der Waals surface area contributed by atoms with Gasteiger partial charge in [-0.2, -0.15) is 0 Å². The van der Waals surface area contributed by atoms with Crippen LogP contribution in [0, 0.1) is 0 Å². The third-order valence-corrected chi connectivity index (χ3v) is 2.31. The van der Waals surface area contributed by atoms with Crippen LogP contribution >= 0.6 is 0 Å². The number of likely N-dealkylation sites (tertiary alicyclic amines) is 1. The summed E-state index contributed by atoms with van der Waals surface area (Å²) in [6, 6.07) is -0.0478. The molecule has 0 saturated carbocycles. The molecule has 5 nitrogen and oxygen atoms in total. The summed E-state index contributed by atoms with van der Waals surface area (Å²) in [5.74, 6) is 0.0743. The molecule has 14 heavy (non-hydrogen) atoms. The van der Waals surface area contributed by atoms with Crippen LogP contribution < -0.4 is 10.6 Å². The molecule has 0 radical (unpaired) electrons. The predicted octanol–water partition coefficient (Wildman–Crippen LogP) is -0.0737. The van der Waals surface area contributed by atoms with Gasteiger partial charge in [0, 0.05) is 32.6 Å². The summed E-state index contributed by atoms with van der Waals surface area (Å²) in [5.41, 5.74) is 0. The van der Waals surface area contributed by atoms with Crippen molar-refractivity contribution in [3.8, 4) is 0 Å². The number of nitrogens with one attached hydrogen (secondary N) is 2. The second-order valence-electron chi connectivity index (χ2n) is 3.45. The summed E-state index contributed by atoms with van der Waals surface area (Å²) in [6.45, 7) is 5.42. The largest absolute Gasteiger partial charge is 0.341 e. The van der Waals surface area contributed by atoms with Crippen LogP contribution in [0.5, 0.6) is 0 Å². The molecule has 0 aromatic heterocycles. The standard InChI is InChI=1S/C9H17N3O2/c1-3-10-9(14)11-8-4-5-12(6-8)7(2)13/h8H,3-6H2,1-2H3,(H2,10,11,14)/t8-/m0/s1. The highest BCUT2D eigenvalue weighted by Gasteiger charge is 2.24. The second kappa shape index (κ2) is 4.83. The van der Waals surface area contributed by atoms with E-state index >= 15 is 0 Å². The highest BCUT2D eigenvalue weighted by atomic mass is 16.2. The molecule has 0 bridgehead atoms. The minimum Gasteiger partial charge on any atom is -0.341 e. The second-order valence-corrected chi connectivity index (χ2v) is 3.45. The van der Waals surface area contributed by atoms with Crippen molar-refractivity contribution in [1.82, 2.24) is 15.5 Å². The lowest BCUT2D eigenvalue weighted by Crippen LogP contribution is -2.43. The van der Waals surface area contributed by atoms with E-state index in [-0.39, 0.29) is 18.0 Å². The number of hydrogen-bond acceptors (Lipinski definition) is 2. The van der Waals surface area contributed by atoms with Crippen molar-refractivity contribution in [2.75, 3.05) is 19.6 Å². The first kappa shape index (κ1) is 10.8. The molecule has 2 N–H and O–H groups in total. The molecule has 1 rings (SSSR count). The number of carbonyl (C=O) groups is 2. The molecule has 0 aliphatic carbocycles. The first-order chi connectivity index (χ1) is 6.63. The van der Waals surface area contributed by atoms with E-state index in [0.717, 1.165) is 13.0 Å². The Labute approximate surface area is 83.8 Å². The van der Waals surface area contributed by atoms with Crippen molar-refractivity contribution < 1.29 is 9.59 Å². The van der Waals surface area contributed by atoms with Crippen molar-refractivity contribution >= 4 is 11.9 Å². The van der Waals surface area contributed by atoms with Crippen LogP contribution in [0.1, 0.15) is 20.3 Å². The number of nitrogens with zero attached hydrogens (tertiary/aromatic N) is 1. The van der Waals surface area contributed by atoms with Gasteiger partial charge in [0.1, 0.15) is 0 Å². The first-order valence-electron chi connectivity index (χ1n) is 4.93. The Bertz CT molecular complexity index is 230. The highest BCUT2D eigenvalue weighted by Crippen LogP contribution is 2.08. The number of amides is 3. The maximum atomic E-state index is 11.1. The summed E-state index contributed by atoms with van der Waals surface area (Å²) in [4.78, 5) is 23.9. The minimum absolute atomic E-state index is 0.0743. The Morgan fingerprint density at radius 3 is 2.71 bits per heavy atom. The van der Waals surface area contributed by atoms with Gasteiger partial charge in [0.15, 0.2) is 0 Å². The van der Waals surface area contributed by atoms with E-state index < -0.39 is 0 Å². The molecule has 0 spiro atoms. The molecule has 1 heterocycles. The van der Waals surface area contributed by atoms with E-state index in [1.54, 1.807) is 11.8 Å². The fourth-order valence-corrected chi connectivity index (χ4v) is 1.56. The van der Waals surface area contributed by atoms with E-state index in [9.17, 15) is 9.59 Å². The topological polar surface area (TPSA) is 61.4 Å². The van der Waals surface area contributed by atoms with Crippen molar-refractivity contribution in [3.63, 3.8) is 0 Å². The van der Waals surface area contributed by atoms with Gasteiger partial charge in [-0.3, -0.25) is 4.79 Å². The Morgan fingerprint density at radius 2 is 2.21 bits per heavy atom. The molecule has 0 aromatic rings. The molecule has 0 aromatic carbocycles. The van der Waals surface area contributed by atoms with Gasteiger partial charge in [0.2, 0.25) is 5.91 Å². The van der Waals surface area contributed by atoms with E-state index in [1.807, 2.05) is 6.92 Å².